The first-order valence-electron chi connectivity index (χ1n) is 41.5. The molecule has 10 aromatic rings. The van der Waals surface area contributed by atoms with E-state index in [2.05, 4.69) is 85.1 Å². The number of nitrogens with one attached hydrogen (secondary N) is 6. The first-order valence-corrected chi connectivity index (χ1v) is 45.2. The van der Waals surface area contributed by atoms with E-state index in [-0.39, 0.29) is 63.4 Å². The molecule has 6 N–H and O–H groups in total. The Morgan fingerprint density at radius 2 is 1.06 bits per heavy atom. The average Bonchev–Trinajstić information content (AvgIpc) is 0.899. The highest BCUT2D eigenvalue weighted by Gasteiger charge is 2.44. The van der Waals surface area contributed by atoms with Crippen molar-refractivity contribution in [2.24, 2.45) is 16.7 Å². The summed E-state index contributed by atoms with van der Waals surface area (Å²) < 4.78 is 99.2. The number of amides is 2. The molecule has 34 heteroatoms. The Morgan fingerprint density at radius 3 is 1.56 bits per heavy atom. The molecule has 1 atom stereocenters. The number of piperazine rings is 1. The van der Waals surface area contributed by atoms with Gasteiger partial charge >= 0.3 is 0 Å². The van der Waals surface area contributed by atoms with Gasteiger partial charge in [-0.1, -0.05) is 70.8 Å². The van der Waals surface area contributed by atoms with Gasteiger partial charge in [-0.25, -0.2) is 36.2 Å². The van der Waals surface area contributed by atoms with Gasteiger partial charge in [0.15, 0.2) is 0 Å². The summed E-state index contributed by atoms with van der Waals surface area (Å²) in [6.07, 6.45) is 17.1. The van der Waals surface area contributed by atoms with E-state index < -0.39 is 62.9 Å². The molecule has 646 valence electrons. The van der Waals surface area contributed by atoms with Crippen molar-refractivity contribution in [3.63, 3.8) is 0 Å². The number of aromatic amines is 2. The maximum atomic E-state index is 13.9. The molecule has 6 aromatic carbocycles. The lowest BCUT2D eigenvalue weighted by molar-refractivity contribution is -0.384. The fourth-order valence-corrected chi connectivity index (χ4v) is 19.6. The van der Waals surface area contributed by atoms with E-state index in [9.17, 15) is 46.7 Å². The summed E-state index contributed by atoms with van der Waals surface area (Å²) >= 11 is 12.5. The summed E-state index contributed by atoms with van der Waals surface area (Å²) in [5, 5.41) is 33.2. The third-order valence-electron chi connectivity index (χ3n) is 24.5. The summed E-state index contributed by atoms with van der Waals surface area (Å²) in [5.74, 6) is -0.727. The maximum Gasteiger partial charge on any atom is 0.293 e. The van der Waals surface area contributed by atoms with Crippen molar-refractivity contribution in [2.45, 2.75) is 73.7 Å². The van der Waals surface area contributed by atoms with Gasteiger partial charge in [0.1, 0.15) is 45.7 Å². The molecule has 124 heavy (non-hydrogen) atoms. The van der Waals surface area contributed by atoms with Crippen molar-refractivity contribution < 1.29 is 69.4 Å². The van der Waals surface area contributed by atoms with E-state index in [1.165, 1.54) is 76.1 Å². The molecule has 2 spiro atoms. The van der Waals surface area contributed by atoms with Gasteiger partial charge in [-0.05, 0) is 194 Å². The van der Waals surface area contributed by atoms with Crippen LogP contribution in [0.1, 0.15) is 95.2 Å². The molecule has 10 heterocycles. The first kappa shape index (κ1) is 85.0. The number of nitrogens with zero attached hydrogens (tertiary/aromatic N) is 7. The van der Waals surface area contributed by atoms with Gasteiger partial charge in [0.05, 0.1) is 95.5 Å². The Hall–Kier alpha value is -11.1. The van der Waals surface area contributed by atoms with Crippen molar-refractivity contribution in [2.75, 3.05) is 140 Å². The van der Waals surface area contributed by atoms with Crippen LogP contribution < -0.4 is 34.5 Å². The molecule has 18 rings (SSSR count). The number of ether oxygens (including phenoxy) is 7. The number of nitro benzene ring substituents is 2. The van der Waals surface area contributed by atoms with E-state index in [4.69, 9.17) is 56.4 Å². The van der Waals surface area contributed by atoms with E-state index in [1.807, 2.05) is 36.4 Å². The summed E-state index contributed by atoms with van der Waals surface area (Å²) in [4.78, 5) is 71.8. The standard InChI is InChI=1S/C46H47ClN6O8S.C44H46ClN7O9S/c47-36-4-1-32(2-5-36)40-24-46(28-60-29-46)15-9-35(40)27-52-17-11-31(12-18-52)33-3-7-39(43(22-33)61-37-21-34-10-16-48-44(34)50-26-37)45(54)51-62(57,58)38-6-8-41(42(23-38)53(55)56)49-25-30-13-19-59-20-14-30;45-32-3-1-29(2-4-32)38-22-44(27-59-28-44)11-9-31(38)25-50-13-15-51(16-14-50)33-5-7-37(41(20-33)61-34-19-30-10-12-46-42(30)48-23-34)43(53)49-62(56,57)36-6-8-39(40(21-36)52(54)55)47-24-35-26-58-17-18-60-35/h1-8,10-11,16,21-23,26,30,49H,9,12-15,17-20,24-25,27-29H2,(H,48,50)(H,51,54);1-8,10,12,19-21,23,35,47H,9,11,13-18,22,24-28H2,(H,46,48)(H,49,53)/t;35-/m.1/s1. The number of allylic oxidation sites excluding steroid dienone is 2. The van der Waals surface area contributed by atoms with Crippen molar-refractivity contribution in [3.8, 4) is 23.0 Å². The van der Waals surface area contributed by atoms with Gasteiger partial charge in [0.2, 0.25) is 0 Å². The number of rotatable bonds is 26. The Balaban J connectivity index is 0.000000176. The predicted octanol–water partition coefficient (Wildman–Crippen LogP) is 15.3. The fourth-order valence-electron chi connectivity index (χ4n) is 17.4. The van der Waals surface area contributed by atoms with Gasteiger partial charge in [0.25, 0.3) is 43.2 Å². The summed E-state index contributed by atoms with van der Waals surface area (Å²) in [6.45, 7) is 12.7. The summed E-state index contributed by atoms with van der Waals surface area (Å²) in [7, 11) is -9.14. The SMILES string of the molecule is O=C(NS(=O)(=O)c1ccc(NCC2CCOCC2)c([N+](=O)[O-])c1)c1ccc(C2=CCN(CC3=C(c4ccc(Cl)cc4)CC4(CC3)COC4)CC2)cc1Oc1cnc2[nH]ccc2c1.O=C(NS(=O)(=O)c1ccc(NC[C@@H]2COCCO2)c([N+](=O)[O-])c1)c1ccc(N2CCN(CC3=C(c4ccc(Cl)cc4)CC4(CC3)COC4)CC2)cc1Oc1cnc2[nH]ccc2c1. The average molecular weight is 1760 g/mol. The number of benzene rings is 6. The second-order valence-electron chi connectivity index (χ2n) is 32.9. The molecule has 0 unspecified atom stereocenters. The topological polar surface area (TPSA) is 369 Å². The molecular weight excluding hydrogens is 1670 g/mol. The largest absolute Gasteiger partial charge is 0.455 e. The summed E-state index contributed by atoms with van der Waals surface area (Å²) in [5.41, 5.74) is 11.9. The Bertz CT molecular complexity index is 6040. The highest BCUT2D eigenvalue weighted by Crippen LogP contribution is 2.50. The van der Waals surface area contributed by atoms with Crippen LogP contribution in [0.4, 0.5) is 28.4 Å². The number of carbonyl (C=O) groups excluding carboxylic acids is 2. The number of pyridine rings is 2. The smallest absolute Gasteiger partial charge is 0.293 e. The van der Waals surface area contributed by atoms with Crippen LogP contribution >= 0.6 is 23.2 Å². The van der Waals surface area contributed by atoms with E-state index in [0.29, 0.717) is 75.5 Å². The first-order chi connectivity index (χ1) is 60.0. The van der Waals surface area contributed by atoms with Crippen LogP contribution in [-0.4, -0.2) is 199 Å². The molecular formula is C90H93Cl2N13O17S2. The van der Waals surface area contributed by atoms with Crippen molar-refractivity contribution in [3.05, 3.63) is 246 Å². The number of halogens is 2. The number of carbonyl (C=O) groups is 2. The van der Waals surface area contributed by atoms with Crippen LogP contribution in [-0.2, 0) is 43.7 Å². The molecule has 8 aliphatic rings. The van der Waals surface area contributed by atoms with E-state index >= 15 is 0 Å². The predicted molar refractivity (Wildman–Crippen MR) is 470 cm³/mol. The second-order valence-corrected chi connectivity index (χ2v) is 37.1. The zero-order valence-electron chi connectivity index (χ0n) is 67.8. The van der Waals surface area contributed by atoms with Crippen molar-refractivity contribution in [1.82, 2.24) is 39.2 Å². The van der Waals surface area contributed by atoms with Crippen LogP contribution in [0.2, 0.25) is 10.0 Å². The molecule has 2 aliphatic carbocycles. The Labute approximate surface area is 726 Å². The number of fused-ring (bicyclic) bond motifs is 2. The summed E-state index contributed by atoms with van der Waals surface area (Å²) in [6, 6.07) is 40.6. The second kappa shape index (κ2) is 37.0. The van der Waals surface area contributed by atoms with E-state index in [1.54, 1.807) is 54.9 Å². The van der Waals surface area contributed by atoms with E-state index in [0.717, 1.165) is 173 Å². The molecule has 0 saturated carbocycles. The molecule has 5 fully saturated rings. The third-order valence-corrected chi connectivity index (χ3v) is 27.7. The molecule has 6 aliphatic heterocycles. The molecule has 5 saturated heterocycles. The van der Waals surface area contributed by atoms with Gasteiger partial charge < -0.3 is 58.7 Å². The number of sulfonamides is 2. The minimum absolute atomic E-state index is 0.0395. The van der Waals surface area contributed by atoms with Crippen LogP contribution in [0, 0.1) is 37.0 Å². The maximum absolute atomic E-state index is 13.9. The highest BCUT2D eigenvalue weighted by atomic mass is 35.5. The number of nitro groups is 2. The third kappa shape index (κ3) is 19.7. The number of H-pyrrole nitrogens is 2. The molecule has 4 aromatic heterocycles. The van der Waals surface area contributed by atoms with Crippen LogP contribution in [0.15, 0.2) is 197 Å². The lowest BCUT2D eigenvalue weighted by Gasteiger charge is -2.46. The highest BCUT2D eigenvalue weighted by molar-refractivity contribution is 7.90. The van der Waals surface area contributed by atoms with Crippen molar-refractivity contribution >= 4 is 122 Å². The quantitative estimate of drug-likeness (QED) is 0.0217. The van der Waals surface area contributed by atoms with Gasteiger partial charge in [-0.2, -0.15) is 0 Å². The van der Waals surface area contributed by atoms with Crippen molar-refractivity contribution in [1.29, 1.82) is 0 Å². The van der Waals surface area contributed by atoms with Crippen LogP contribution in [0.5, 0.6) is 23.0 Å². The molecule has 0 bridgehead atoms. The minimum atomic E-state index is -4.58. The lowest BCUT2D eigenvalue weighted by Crippen LogP contribution is -2.48. The number of hydrogen-bond acceptors (Lipinski definition) is 24. The monoisotopic (exact) mass is 1760 g/mol. The van der Waals surface area contributed by atoms with Gasteiger partial charge in [-0.15, -0.1) is 0 Å². The number of aromatic nitrogens is 4. The number of hydrogen-bond donors (Lipinski definition) is 6. The molecule has 30 nitrogen and oxygen atoms in total. The van der Waals surface area contributed by atoms with Gasteiger partial charge in [-0.3, -0.25) is 39.6 Å². The Kier molecular flexibility index (Phi) is 25.3. The van der Waals surface area contributed by atoms with Gasteiger partial charge in [0, 0.05) is 147 Å². The van der Waals surface area contributed by atoms with Crippen LogP contribution in [0.3, 0.4) is 0 Å². The zero-order valence-corrected chi connectivity index (χ0v) is 71.0. The Morgan fingerprint density at radius 1 is 0.548 bits per heavy atom. The fraction of sp³-hybridized carbons (Fsp3) is 0.356. The molecule has 0 radical (unpaired) electrons. The van der Waals surface area contributed by atoms with Crippen LogP contribution in [0.25, 0.3) is 38.8 Å². The normalized spacial score (nSPS) is 18.8. The lowest BCUT2D eigenvalue weighted by atomic mass is 9.68. The minimum Gasteiger partial charge on any atom is -0.455 e. The number of anilines is 3. The zero-order chi connectivity index (χ0) is 85.7. The molecule has 2 amide bonds.